The van der Waals surface area contributed by atoms with Crippen molar-refractivity contribution in [2.75, 3.05) is 38.5 Å². The van der Waals surface area contributed by atoms with Crippen LogP contribution in [0.5, 0.6) is 0 Å². The Hall–Kier alpha value is -8.44. The number of nitrogens with zero attached hydrogens (tertiary/aromatic N) is 4. The summed E-state index contributed by atoms with van der Waals surface area (Å²) in [6.07, 6.45) is 19.7. The largest absolute Gasteiger partial charge is 0.305 e. The van der Waals surface area contributed by atoms with Crippen LogP contribution in [-0.2, 0) is 80.4 Å². The van der Waals surface area contributed by atoms with Crippen molar-refractivity contribution in [2.24, 2.45) is 0 Å². The van der Waals surface area contributed by atoms with E-state index in [1.54, 1.807) is 5.30 Å². The van der Waals surface area contributed by atoms with Crippen molar-refractivity contribution in [2.45, 2.75) is 59.3 Å². The van der Waals surface area contributed by atoms with Crippen molar-refractivity contribution < 1.29 is 80.4 Å². The molecular weight excluding hydrogens is 2230 g/mol. The van der Waals surface area contributed by atoms with Crippen LogP contribution in [0.15, 0.2) is 389 Å². The molecule has 0 atom stereocenters. The van der Waals surface area contributed by atoms with E-state index in [0.717, 1.165) is 50.4 Å². The second-order valence-corrected chi connectivity index (χ2v) is 45.5. The van der Waals surface area contributed by atoms with Crippen LogP contribution in [0.25, 0.3) is 77.3 Å². The van der Waals surface area contributed by atoms with Gasteiger partial charge in [0, 0.05) is 141 Å². The van der Waals surface area contributed by atoms with E-state index in [9.17, 15) is 0 Å². The number of hydrogen-bond acceptors (Lipinski definition) is 4. The minimum atomic E-state index is -2.15. The summed E-state index contributed by atoms with van der Waals surface area (Å²) in [6.45, 7) is 14.0. The standard InChI is InChI=1S/C33H24NP.C29H22NP.C27H36NP.C18H18NP.4Ir/c1-4-16-29(17-5-1)35(30-18-6-2-7-19-30,31-20-8-3-9-21-31)32-22-12-15-27(23-32)33-24-26-13-10-11-14-28(26)25-34-33;1-4-14-25(15-5-1)31(26-16-6-2-7-17-26,27-18-8-3-9-19-27)28-20-12-13-24(23-28)29-21-10-11-22-30-29;1-4-7-19-29(20-8-5-2,21-9-6-3)25-15-12-14-24(22-25)27-26-16-11-10-13-23(26)17-18-28-27;1-20(2,3)16-9-6-8-15(13-16)18-17-10-5-4-7-14(17)11-12-19-18;;;;/h1-14,16-25H;1-12,14-23H;10-13,15-18,22H,4-9,19-21H2,1-3H3;4-7,9-13H,1-3H3;;;;. The Labute approximate surface area is 763 Å². The summed E-state index contributed by atoms with van der Waals surface area (Å²) >= 11 is 0. The first-order valence-corrected chi connectivity index (χ1v) is 49.4. The monoisotopic (exact) mass is 2340 g/mol. The van der Waals surface area contributed by atoms with Crippen molar-refractivity contribution in [3.63, 3.8) is 0 Å². The van der Waals surface area contributed by atoms with Crippen molar-refractivity contribution in [3.8, 4) is 45.0 Å². The second kappa shape index (κ2) is 45.4. The fourth-order valence-electron chi connectivity index (χ4n) is 15.7. The third kappa shape index (κ3) is 21.9. The van der Waals surface area contributed by atoms with Gasteiger partial charge in [0.05, 0.1) is 38.5 Å². The van der Waals surface area contributed by atoms with E-state index in [0.29, 0.717) is 0 Å². The molecule has 0 bridgehead atoms. The topological polar surface area (TPSA) is 51.6 Å². The quantitative estimate of drug-likeness (QED) is 0.0473. The van der Waals surface area contributed by atoms with Gasteiger partial charge in [-0.1, -0.05) is 264 Å². The molecule has 12 heteroatoms. The predicted octanol–water partition coefficient (Wildman–Crippen LogP) is 23.5. The molecule has 0 unspecified atom stereocenters. The van der Waals surface area contributed by atoms with E-state index in [4.69, 9.17) is 9.97 Å². The van der Waals surface area contributed by atoms with Gasteiger partial charge in [-0.15, -0.1) is 95.1 Å². The van der Waals surface area contributed by atoms with Gasteiger partial charge in [0.15, 0.2) is 0 Å². The van der Waals surface area contributed by atoms with Gasteiger partial charge in [-0.05, 0) is 165 Å². The fraction of sp³-hybridized carbons (Fsp3) is 0.140. The first kappa shape index (κ1) is 92.8. The average Bonchev–Trinajstić information content (AvgIpc) is 0.735. The third-order valence-electron chi connectivity index (χ3n) is 21.6. The van der Waals surface area contributed by atoms with E-state index in [1.807, 2.05) is 55.1 Å². The molecule has 0 aliphatic rings. The zero-order valence-corrected chi connectivity index (χ0v) is 81.4. The number of pyridine rings is 4. The first-order valence-electron chi connectivity index (χ1n) is 40.4. The van der Waals surface area contributed by atoms with Crippen molar-refractivity contribution in [1.29, 1.82) is 0 Å². The summed E-state index contributed by atoms with van der Waals surface area (Å²) in [5, 5.41) is 20.9. The minimum absolute atomic E-state index is 0. The van der Waals surface area contributed by atoms with Gasteiger partial charge >= 0.3 is 0 Å². The molecule has 4 nitrogen and oxygen atoms in total. The molecular formula is C107H100Ir4N4P4. The van der Waals surface area contributed by atoms with E-state index < -0.39 is 29.0 Å². The van der Waals surface area contributed by atoms with Crippen LogP contribution in [0, 0.1) is 24.3 Å². The minimum Gasteiger partial charge on any atom is -0.305 e. The Morgan fingerprint density at radius 2 is 0.571 bits per heavy atom. The van der Waals surface area contributed by atoms with Crippen LogP contribution in [0.3, 0.4) is 0 Å². The summed E-state index contributed by atoms with van der Waals surface area (Å²) in [7, 11) is -6.43. The van der Waals surface area contributed by atoms with E-state index in [1.165, 1.54) is 132 Å². The van der Waals surface area contributed by atoms with Crippen LogP contribution in [0.1, 0.15) is 59.3 Å². The number of benzene rings is 13. The molecule has 4 radical (unpaired) electrons. The van der Waals surface area contributed by atoms with Gasteiger partial charge < -0.3 is 19.9 Å². The molecule has 4 aromatic heterocycles. The normalized spacial score (nSPS) is 11.1. The van der Waals surface area contributed by atoms with Crippen LogP contribution in [-0.4, -0.2) is 58.4 Å². The number of unbranched alkanes of at least 4 members (excludes halogenated alkanes) is 3. The third-order valence-corrected chi connectivity index (χ3v) is 36.9. The van der Waals surface area contributed by atoms with Gasteiger partial charge in [-0.2, -0.15) is 0 Å². The molecule has 604 valence electrons. The number of hydrogen-bond donors (Lipinski definition) is 0. The fourth-order valence-corrected chi connectivity index (χ4v) is 30.3. The molecule has 119 heavy (non-hydrogen) atoms. The summed E-state index contributed by atoms with van der Waals surface area (Å²) in [5.41, 5.74) is 8.27. The maximum atomic E-state index is 4.80. The molecule has 0 aliphatic carbocycles. The summed E-state index contributed by atoms with van der Waals surface area (Å²) in [4.78, 5) is 18.7. The van der Waals surface area contributed by atoms with Crippen molar-refractivity contribution in [3.05, 3.63) is 413 Å². The molecule has 0 aliphatic heterocycles. The first-order chi connectivity index (χ1) is 56.5. The predicted molar refractivity (Wildman–Crippen MR) is 506 cm³/mol. The molecule has 17 rings (SSSR count). The van der Waals surface area contributed by atoms with E-state index >= 15 is 0 Å². The summed E-state index contributed by atoms with van der Waals surface area (Å²) in [6, 6.07) is 144. The molecule has 0 amide bonds. The molecule has 4 heterocycles. The summed E-state index contributed by atoms with van der Waals surface area (Å²) < 4.78 is 0. The van der Waals surface area contributed by atoms with Crippen LogP contribution in [0.4, 0.5) is 0 Å². The van der Waals surface area contributed by atoms with E-state index in [2.05, 4.69) is 409 Å². The Balaban J connectivity index is 0.000000168. The van der Waals surface area contributed by atoms with Gasteiger partial charge in [0.2, 0.25) is 0 Å². The van der Waals surface area contributed by atoms with Crippen LogP contribution >= 0.6 is 29.0 Å². The smallest absolute Gasteiger partial charge is 0.125 e. The van der Waals surface area contributed by atoms with Gasteiger partial charge in [-0.3, -0.25) is 0 Å². The maximum absolute atomic E-state index is 4.80. The van der Waals surface area contributed by atoms with Crippen molar-refractivity contribution in [1.82, 2.24) is 19.9 Å². The van der Waals surface area contributed by atoms with Crippen LogP contribution < -0.4 is 53.0 Å². The Bertz CT molecular complexity index is 5730. The van der Waals surface area contributed by atoms with E-state index in [-0.39, 0.29) is 80.4 Å². The molecule has 17 aromatic rings. The molecule has 0 spiro atoms. The molecule has 0 N–H and O–H groups in total. The second-order valence-electron chi connectivity index (χ2n) is 30.0. The zero-order chi connectivity index (χ0) is 79.1. The summed E-state index contributed by atoms with van der Waals surface area (Å²) in [5.74, 6) is 0. The van der Waals surface area contributed by atoms with Crippen molar-refractivity contribution >= 4 is 114 Å². The Kier molecular flexibility index (Phi) is 35.5. The number of rotatable bonds is 23. The zero-order valence-electron chi connectivity index (χ0n) is 68.2. The maximum Gasteiger partial charge on any atom is 0.125 e. The number of aromatic nitrogens is 4. The van der Waals surface area contributed by atoms with Crippen LogP contribution in [0.2, 0.25) is 0 Å². The number of fused-ring (bicyclic) bond motifs is 3. The SMILES string of the molecule is CCCC[P+](CCCC)(CCCC)c1cc[c-]c(-c2nccc3ccccc23)c1.C[P+](C)(C)c1cc[c-]c(-c2nccc3ccccc23)c1.[Ir].[Ir].[Ir].[Ir].[c-]1ccc([P+](c2ccccc2)(c2ccccc2)c2ccccc2)cc1-c1cc2ccccc2cn1.[c-]1ccc([P+](c2ccccc2)(c2ccccc2)c2ccccc2)cc1-c1ccccn1. The van der Waals surface area contributed by atoms with Gasteiger partial charge in [-0.25, -0.2) is 0 Å². The Morgan fingerprint density at radius 1 is 0.252 bits per heavy atom. The van der Waals surface area contributed by atoms with Gasteiger partial charge in [0.1, 0.15) is 46.4 Å². The van der Waals surface area contributed by atoms with Gasteiger partial charge in [0.25, 0.3) is 0 Å². The molecule has 13 aromatic carbocycles. The molecule has 0 saturated carbocycles. The molecule has 0 fully saturated rings. The average molecular weight is 2330 g/mol. The molecule has 0 saturated heterocycles. The Morgan fingerprint density at radius 3 is 0.950 bits per heavy atom.